The zero-order valence-electron chi connectivity index (χ0n) is 10.8. The summed E-state index contributed by atoms with van der Waals surface area (Å²) in [7, 11) is 1.61. The molecule has 0 saturated heterocycles. The van der Waals surface area contributed by atoms with Crippen LogP contribution in [0.2, 0.25) is 0 Å². The summed E-state index contributed by atoms with van der Waals surface area (Å²) >= 11 is 0. The number of H-pyrrole nitrogens is 1. The number of fused-ring (bicyclic) bond motifs is 1. The average Bonchev–Trinajstić information content (AvgIpc) is 2.81. The molecule has 2 rings (SSSR count). The van der Waals surface area contributed by atoms with Crippen LogP contribution in [0.3, 0.4) is 0 Å². The number of carbonyl (C=O) groups is 1. The Morgan fingerprint density at radius 3 is 2.95 bits per heavy atom. The number of nitrogens with one attached hydrogen (secondary N) is 1. The van der Waals surface area contributed by atoms with Crippen molar-refractivity contribution in [1.82, 2.24) is 4.98 Å². The molecule has 0 spiro atoms. The summed E-state index contributed by atoms with van der Waals surface area (Å²) < 4.78 is 5.34. The van der Waals surface area contributed by atoms with Crippen molar-refractivity contribution in [2.75, 3.05) is 13.7 Å². The molecule has 0 aliphatic carbocycles. The molecule has 0 fully saturated rings. The van der Waals surface area contributed by atoms with Crippen LogP contribution in [-0.2, 0) is 11.2 Å². The summed E-state index contributed by atoms with van der Waals surface area (Å²) in [4.78, 5) is 14.4. The van der Waals surface area contributed by atoms with Gasteiger partial charge in [0.25, 0.3) is 0 Å². The molecule has 0 saturated carbocycles. The molecule has 0 bridgehead atoms. The maximum absolute atomic E-state index is 11.2. The van der Waals surface area contributed by atoms with E-state index < -0.39 is 11.9 Å². The largest absolute Gasteiger partial charge is 0.496 e. The summed E-state index contributed by atoms with van der Waals surface area (Å²) in [5.74, 6) is -0.519. The van der Waals surface area contributed by atoms with Gasteiger partial charge >= 0.3 is 5.97 Å². The molecule has 2 aromatic rings. The van der Waals surface area contributed by atoms with Crippen molar-refractivity contribution in [2.45, 2.75) is 12.8 Å². The second-order valence-corrected chi connectivity index (χ2v) is 4.51. The van der Waals surface area contributed by atoms with Crippen LogP contribution in [0, 0.1) is 5.92 Å². The first kappa shape index (κ1) is 13.4. The van der Waals surface area contributed by atoms with Gasteiger partial charge < -0.3 is 20.6 Å². The van der Waals surface area contributed by atoms with E-state index in [1.807, 2.05) is 24.4 Å². The Labute approximate surface area is 111 Å². The Kier molecular flexibility index (Phi) is 4.06. The highest BCUT2D eigenvalue weighted by molar-refractivity contribution is 5.89. The fourth-order valence-corrected chi connectivity index (χ4v) is 2.33. The zero-order chi connectivity index (χ0) is 13.8. The summed E-state index contributed by atoms with van der Waals surface area (Å²) in [5.41, 5.74) is 7.37. The monoisotopic (exact) mass is 262 g/mol. The Hall–Kier alpha value is -2.01. The summed E-state index contributed by atoms with van der Waals surface area (Å²) in [5, 5.41) is 10.2. The number of aliphatic carboxylic acids is 1. The number of carboxylic acids is 1. The Morgan fingerprint density at radius 2 is 2.32 bits per heavy atom. The Balaban J connectivity index is 2.37. The third-order valence-electron chi connectivity index (χ3n) is 3.30. The lowest BCUT2D eigenvalue weighted by Crippen LogP contribution is -2.20. The van der Waals surface area contributed by atoms with Gasteiger partial charge in [0.15, 0.2) is 0 Å². The fourth-order valence-electron chi connectivity index (χ4n) is 2.33. The van der Waals surface area contributed by atoms with Crippen LogP contribution < -0.4 is 10.5 Å². The maximum atomic E-state index is 11.2. The van der Waals surface area contributed by atoms with Crippen LogP contribution >= 0.6 is 0 Å². The molecule has 1 atom stereocenters. The number of hydrogen-bond donors (Lipinski definition) is 3. The van der Waals surface area contributed by atoms with Gasteiger partial charge in [-0.15, -0.1) is 0 Å². The highest BCUT2D eigenvalue weighted by Gasteiger charge is 2.20. The third-order valence-corrected chi connectivity index (χ3v) is 3.30. The number of hydrogen-bond acceptors (Lipinski definition) is 3. The topological polar surface area (TPSA) is 88.3 Å². The zero-order valence-corrected chi connectivity index (χ0v) is 10.8. The number of ether oxygens (including phenoxy) is 1. The molecular weight excluding hydrogens is 244 g/mol. The minimum Gasteiger partial charge on any atom is -0.496 e. The second kappa shape index (κ2) is 5.75. The van der Waals surface area contributed by atoms with Crippen LogP contribution in [0.15, 0.2) is 24.4 Å². The minimum absolute atomic E-state index is 0.371. The van der Waals surface area contributed by atoms with Crippen molar-refractivity contribution in [3.05, 3.63) is 30.0 Å². The lowest BCUT2D eigenvalue weighted by molar-refractivity contribution is -0.141. The van der Waals surface area contributed by atoms with Crippen LogP contribution in [0.25, 0.3) is 10.9 Å². The van der Waals surface area contributed by atoms with Crippen molar-refractivity contribution in [1.29, 1.82) is 0 Å². The molecule has 1 aromatic carbocycles. The van der Waals surface area contributed by atoms with Crippen LogP contribution in [0.1, 0.15) is 12.0 Å². The third kappa shape index (κ3) is 2.71. The Bertz CT molecular complexity index is 577. The second-order valence-electron chi connectivity index (χ2n) is 4.51. The van der Waals surface area contributed by atoms with E-state index in [4.69, 9.17) is 10.5 Å². The summed E-state index contributed by atoms with van der Waals surface area (Å²) in [6, 6.07) is 5.72. The molecule has 19 heavy (non-hydrogen) atoms. The normalized spacial score (nSPS) is 12.5. The predicted octanol–water partition coefficient (Wildman–Crippen LogP) is 1.77. The molecule has 0 aliphatic rings. The number of benzene rings is 1. The first-order valence-corrected chi connectivity index (χ1v) is 6.23. The standard InChI is InChI=1S/C14H18N2O3/c1-19-12-4-2-3-11-13(12)10(8-16-11)7-9(5-6-15)14(17)18/h2-4,8-9,16H,5-7,15H2,1H3,(H,17,18). The highest BCUT2D eigenvalue weighted by atomic mass is 16.5. The van der Waals surface area contributed by atoms with Gasteiger partial charge in [-0.05, 0) is 37.1 Å². The van der Waals surface area contributed by atoms with Gasteiger partial charge in [-0.25, -0.2) is 0 Å². The number of nitrogens with two attached hydrogens (primary N) is 1. The van der Waals surface area contributed by atoms with Crippen molar-refractivity contribution >= 4 is 16.9 Å². The van der Waals surface area contributed by atoms with Gasteiger partial charge in [0.05, 0.1) is 13.0 Å². The van der Waals surface area contributed by atoms with Crippen molar-refractivity contribution in [3.8, 4) is 5.75 Å². The van der Waals surface area contributed by atoms with E-state index in [2.05, 4.69) is 4.98 Å². The Morgan fingerprint density at radius 1 is 1.53 bits per heavy atom. The van der Waals surface area contributed by atoms with E-state index in [0.717, 1.165) is 22.2 Å². The number of aromatic amines is 1. The lowest BCUT2D eigenvalue weighted by atomic mass is 9.96. The predicted molar refractivity (Wildman–Crippen MR) is 73.4 cm³/mol. The lowest BCUT2D eigenvalue weighted by Gasteiger charge is -2.11. The van der Waals surface area contributed by atoms with Gasteiger partial charge in [0.1, 0.15) is 5.75 Å². The molecule has 4 N–H and O–H groups in total. The molecule has 0 amide bonds. The van der Waals surface area contributed by atoms with Crippen LogP contribution in [0.4, 0.5) is 0 Å². The molecular formula is C14H18N2O3. The summed E-state index contributed by atoms with van der Waals surface area (Å²) in [6.45, 7) is 0.371. The van der Waals surface area contributed by atoms with Gasteiger partial charge in [0, 0.05) is 17.1 Å². The smallest absolute Gasteiger partial charge is 0.306 e. The molecule has 0 aliphatic heterocycles. The quantitative estimate of drug-likeness (QED) is 0.740. The number of methoxy groups -OCH3 is 1. The number of rotatable bonds is 6. The van der Waals surface area contributed by atoms with E-state index in [0.29, 0.717) is 19.4 Å². The van der Waals surface area contributed by atoms with E-state index in [1.165, 1.54) is 0 Å². The average molecular weight is 262 g/mol. The highest BCUT2D eigenvalue weighted by Crippen LogP contribution is 2.30. The van der Waals surface area contributed by atoms with Crippen molar-refractivity contribution < 1.29 is 14.6 Å². The van der Waals surface area contributed by atoms with Crippen molar-refractivity contribution in [2.24, 2.45) is 11.7 Å². The maximum Gasteiger partial charge on any atom is 0.306 e. The SMILES string of the molecule is COc1cccc2[nH]cc(CC(CCN)C(=O)O)c12. The molecule has 5 heteroatoms. The summed E-state index contributed by atoms with van der Waals surface area (Å²) in [6.07, 6.45) is 2.77. The van der Waals surface area contributed by atoms with E-state index >= 15 is 0 Å². The molecule has 0 radical (unpaired) electrons. The van der Waals surface area contributed by atoms with Crippen LogP contribution in [0.5, 0.6) is 5.75 Å². The molecule has 1 heterocycles. The molecule has 1 unspecified atom stereocenters. The van der Waals surface area contributed by atoms with Crippen molar-refractivity contribution in [3.63, 3.8) is 0 Å². The van der Waals surface area contributed by atoms with E-state index in [9.17, 15) is 9.90 Å². The minimum atomic E-state index is -0.810. The van der Waals surface area contributed by atoms with Crippen LogP contribution in [-0.4, -0.2) is 29.7 Å². The fraction of sp³-hybridized carbons (Fsp3) is 0.357. The first-order chi connectivity index (χ1) is 9.17. The van der Waals surface area contributed by atoms with E-state index in [-0.39, 0.29) is 0 Å². The molecule has 5 nitrogen and oxygen atoms in total. The molecule has 102 valence electrons. The van der Waals surface area contributed by atoms with Gasteiger partial charge in [-0.3, -0.25) is 4.79 Å². The van der Waals surface area contributed by atoms with Gasteiger partial charge in [0.2, 0.25) is 0 Å². The van der Waals surface area contributed by atoms with E-state index in [1.54, 1.807) is 7.11 Å². The first-order valence-electron chi connectivity index (χ1n) is 6.23. The number of aromatic nitrogens is 1. The molecule has 1 aromatic heterocycles. The number of carboxylic acid groups (broad SMARTS) is 1. The van der Waals surface area contributed by atoms with Gasteiger partial charge in [-0.1, -0.05) is 6.07 Å². The van der Waals surface area contributed by atoms with Gasteiger partial charge in [-0.2, -0.15) is 0 Å².